The Morgan fingerprint density at radius 1 is 1.12 bits per heavy atom. The lowest BCUT2D eigenvalue weighted by molar-refractivity contribution is 0.596. The largest absolute Gasteiger partial charge is 0.295 e. The first-order chi connectivity index (χ1) is 11.8. The molecule has 0 saturated carbocycles. The number of hydrogen-bond acceptors (Lipinski definition) is 4. The van der Waals surface area contributed by atoms with Gasteiger partial charge in [0.2, 0.25) is 0 Å². The van der Waals surface area contributed by atoms with Gasteiger partial charge in [-0.05, 0) is 23.8 Å². The molecule has 0 aliphatic heterocycles. The maximum absolute atomic E-state index is 12.5. The van der Waals surface area contributed by atoms with Crippen LogP contribution >= 0.6 is 11.6 Å². The Hall–Kier alpha value is -2.18. The Bertz CT molecular complexity index is 1100. The van der Waals surface area contributed by atoms with E-state index in [1.54, 1.807) is 56.4 Å². The SMILES string of the molecule is CCS(=O)(=O)Cc1ccc(-c2nc3cc(Cl)ccc3c(=O)n2C)cc1. The van der Waals surface area contributed by atoms with Gasteiger partial charge < -0.3 is 0 Å². The zero-order valence-corrected chi connectivity index (χ0v) is 15.4. The van der Waals surface area contributed by atoms with Gasteiger partial charge >= 0.3 is 0 Å². The van der Waals surface area contributed by atoms with E-state index in [0.29, 0.717) is 27.3 Å². The van der Waals surface area contributed by atoms with Crippen LogP contribution < -0.4 is 5.56 Å². The lowest BCUT2D eigenvalue weighted by Gasteiger charge is -2.10. The number of fused-ring (bicyclic) bond motifs is 1. The average molecular weight is 377 g/mol. The quantitative estimate of drug-likeness (QED) is 0.701. The molecule has 7 heteroatoms. The van der Waals surface area contributed by atoms with E-state index in [4.69, 9.17) is 11.6 Å². The predicted molar refractivity (Wildman–Crippen MR) is 101 cm³/mol. The van der Waals surface area contributed by atoms with Crippen molar-refractivity contribution in [1.82, 2.24) is 9.55 Å². The highest BCUT2D eigenvalue weighted by molar-refractivity contribution is 7.90. The molecule has 0 atom stereocenters. The van der Waals surface area contributed by atoms with Gasteiger partial charge in [-0.25, -0.2) is 13.4 Å². The molecule has 0 aliphatic rings. The van der Waals surface area contributed by atoms with E-state index in [1.165, 1.54) is 4.57 Å². The Morgan fingerprint density at radius 3 is 2.44 bits per heavy atom. The zero-order valence-electron chi connectivity index (χ0n) is 13.9. The predicted octanol–water partition coefficient (Wildman–Crippen LogP) is 3.19. The molecular weight excluding hydrogens is 360 g/mol. The summed E-state index contributed by atoms with van der Waals surface area (Å²) < 4.78 is 24.9. The van der Waals surface area contributed by atoms with Crippen molar-refractivity contribution < 1.29 is 8.42 Å². The highest BCUT2D eigenvalue weighted by atomic mass is 35.5. The third-order valence-corrected chi connectivity index (χ3v) is 5.97. The van der Waals surface area contributed by atoms with E-state index < -0.39 is 9.84 Å². The molecule has 3 rings (SSSR count). The molecule has 1 aromatic heterocycles. The first kappa shape index (κ1) is 17.6. The third-order valence-electron chi connectivity index (χ3n) is 4.08. The first-order valence-electron chi connectivity index (χ1n) is 7.77. The van der Waals surface area contributed by atoms with Crippen LogP contribution in [0.2, 0.25) is 5.02 Å². The maximum atomic E-state index is 12.5. The highest BCUT2D eigenvalue weighted by Gasteiger charge is 2.12. The van der Waals surface area contributed by atoms with Crippen LogP contribution in [0.5, 0.6) is 0 Å². The lowest BCUT2D eigenvalue weighted by atomic mass is 10.1. The average Bonchev–Trinajstić information content (AvgIpc) is 2.58. The van der Waals surface area contributed by atoms with Gasteiger partial charge in [-0.3, -0.25) is 9.36 Å². The van der Waals surface area contributed by atoms with Gasteiger partial charge in [0.25, 0.3) is 5.56 Å². The monoisotopic (exact) mass is 376 g/mol. The Kier molecular flexibility index (Phi) is 4.67. The van der Waals surface area contributed by atoms with E-state index >= 15 is 0 Å². The summed E-state index contributed by atoms with van der Waals surface area (Å²) in [6.07, 6.45) is 0. The van der Waals surface area contributed by atoms with Crippen molar-refractivity contribution in [2.75, 3.05) is 5.75 Å². The second-order valence-electron chi connectivity index (χ2n) is 5.83. The minimum Gasteiger partial charge on any atom is -0.295 e. The van der Waals surface area contributed by atoms with E-state index in [0.717, 1.165) is 5.56 Å². The molecule has 5 nitrogen and oxygen atoms in total. The molecule has 0 amide bonds. The molecule has 1 heterocycles. The molecule has 0 unspecified atom stereocenters. The maximum Gasteiger partial charge on any atom is 0.261 e. The summed E-state index contributed by atoms with van der Waals surface area (Å²) in [5.41, 5.74) is 1.82. The molecule has 0 N–H and O–H groups in total. The Labute approximate surface area is 150 Å². The summed E-state index contributed by atoms with van der Waals surface area (Å²) in [7, 11) is -1.42. The van der Waals surface area contributed by atoms with Crippen LogP contribution in [0.1, 0.15) is 12.5 Å². The second-order valence-corrected chi connectivity index (χ2v) is 8.62. The molecule has 3 aromatic rings. The van der Waals surface area contributed by atoms with Crippen molar-refractivity contribution in [3.05, 3.63) is 63.4 Å². The van der Waals surface area contributed by atoms with Gasteiger partial charge in [-0.15, -0.1) is 0 Å². The molecule has 0 bridgehead atoms. The lowest BCUT2D eigenvalue weighted by Crippen LogP contribution is -2.20. The van der Waals surface area contributed by atoms with Gasteiger partial charge in [0.1, 0.15) is 5.82 Å². The van der Waals surface area contributed by atoms with Gasteiger partial charge in [0.15, 0.2) is 9.84 Å². The van der Waals surface area contributed by atoms with Crippen molar-refractivity contribution in [1.29, 1.82) is 0 Å². The summed E-state index contributed by atoms with van der Waals surface area (Å²) in [5, 5.41) is 1.01. The van der Waals surface area contributed by atoms with Crippen molar-refractivity contribution in [2.45, 2.75) is 12.7 Å². The third kappa shape index (κ3) is 3.60. The minimum atomic E-state index is -3.08. The molecule has 0 saturated heterocycles. The van der Waals surface area contributed by atoms with Gasteiger partial charge in [0, 0.05) is 23.4 Å². The summed E-state index contributed by atoms with van der Waals surface area (Å²) in [5.74, 6) is 0.615. The molecule has 130 valence electrons. The van der Waals surface area contributed by atoms with E-state index in [1.807, 2.05) is 0 Å². The minimum absolute atomic E-state index is 0.00344. The van der Waals surface area contributed by atoms with Gasteiger partial charge in [0.05, 0.1) is 16.7 Å². The fraction of sp³-hybridized carbons (Fsp3) is 0.222. The zero-order chi connectivity index (χ0) is 18.2. The van der Waals surface area contributed by atoms with Crippen molar-refractivity contribution in [3.8, 4) is 11.4 Å². The molecule has 25 heavy (non-hydrogen) atoms. The van der Waals surface area contributed by atoms with Gasteiger partial charge in [-0.2, -0.15) is 0 Å². The van der Waals surface area contributed by atoms with Crippen LogP contribution in [0, 0.1) is 0 Å². The summed E-state index contributed by atoms with van der Waals surface area (Å²) in [6, 6.07) is 12.0. The van der Waals surface area contributed by atoms with E-state index in [-0.39, 0.29) is 17.1 Å². The molecule has 2 aromatic carbocycles. The van der Waals surface area contributed by atoms with Crippen LogP contribution in [-0.4, -0.2) is 23.7 Å². The standard InChI is InChI=1S/C18H17ClN2O3S/c1-3-25(23,24)11-12-4-6-13(7-5-12)17-20-16-10-14(19)8-9-15(16)18(22)21(17)2/h4-10H,3,11H2,1-2H3. The highest BCUT2D eigenvalue weighted by Crippen LogP contribution is 2.21. The summed E-state index contributed by atoms with van der Waals surface area (Å²) in [4.78, 5) is 17.1. The van der Waals surface area contributed by atoms with Crippen LogP contribution in [0.25, 0.3) is 22.3 Å². The Balaban J connectivity index is 2.07. The van der Waals surface area contributed by atoms with Crippen LogP contribution in [0.3, 0.4) is 0 Å². The molecular formula is C18H17ClN2O3S. The van der Waals surface area contributed by atoms with Crippen molar-refractivity contribution in [2.24, 2.45) is 7.05 Å². The van der Waals surface area contributed by atoms with E-state index in [2.05, 4.69) is 4.98 Å². The van der Waals surface area contributed by atoms with Crippen molar-refractivity contribution in [3.63, 3.8) is 0 Å². The normalized spacial score (nSPS) is 11.8. The van der Waals surface area contributed by atoms with Crippen LogP contribution in [0.4, 0.5) is 0 Å². The first-order valence-corrected chi connectivity index (χ1v) is 9.96. The number of benzene rings is 2. The van der Waals surface area contributed by atoms with Gasteiger partial charge in [-0.1, -0.05) is 42.8 Å². The topological polar surface area (TPSA) is 69.0 Å². The second kappa shape index (κ2) is 6.61. The van der Waals surface area contributed by atoms with Crippen molar-refractivity contribution >= 4 is 32.3 Å². The molecule has 0 radical (unpaired) electrons. The number of sulfone groups is 1. The fourth-order valence-corrected chi connectivity index (χ4v) is 3.68. The smallest absolute Gasteiger partial charge is 0.261 e. The number of aromatic nitrogens is 2. The summed E-state index contributed by atoms with van der Waals surface area (Å²) >= 11 is 6.00. The van der Waals surface area contributed by atoms with Crippen LogP contribution in [0.15, 0.2) is 47.3 Å². The number of hydrogen-bond donors (Lipinski definition) is 0. The van der Waals surface area contributed by atoms with E-state index in [9.17, 15) is 13.2 Å². The number of rotatable bonds is 4. The number of nitrogens with zero attached hydrogens (tertiary/aromatic N) is 2. The fourth-order valence-electron chi connectivity index (χ4n) is 2.61. The molecule has 0 aliphatic carbocycles. The van der Waals surface area contributed by atoms with Crippen LogP contribution in [-0.2, 0) is 22.6 Å². The Morgan fingerprint density at radius 2 is 1.80 bits per heavy atom. The number of halogens is 1. The summed E-state index contributed by atoms with van der Waals surface area (Å²) in [6.45, 7) is 1.63. The molecule has 0 fully saturated rings. The molecule has 0 spiro atoms.